The molecule has 4 atom stereocenters. The van der Waals surface area contributed by atoms with Crippen molar-refractivity contribution in [2.45, 2.75) is 181 Å². The molecule has 0 spiro atoms. The van der Waals surface area contributed by atoms with Gasteiger partial charge in [-0.2, -0.15) is 0 Å². The molecule has 0 heterocycles. The molecular formula is C36H70O4. The molecule has 0 bridgehead atoms. The molecule has 1 aliphatic rings. The minimum Gasteiger partial charge on any atom is -0.252 e. The fourth-order valence-corrected chi connectivity index (χ4v) is 7.16. The maximum atomic E-state index is 8.50. The fourth-order valence-electron chi connectivity index (χ4n) is 7.16. The molecule has 0 amide bonds. The molecule has 4 unspecified atom stereocenters. The van der Waals surface area contributed by atoms with Crippen molar-refractivity contribution in [3.63, 3.8) is 0 Å². The molecule has 2 N–H and O–H groups in total. The van der Waals surface area contributed by atoms with E-state index in [1.54, 1.807) is 0 Å². The van der Waals surface area contributed by atoms with Gasteiger partial charge in [-0.15, -0.1) is 0 Å². The Balaban J connectivity index is 2.64. The van der Waals surface area contributed by atoms with Crippen LogP contribution in [0, 0.1) is 23.7 Å². The van der Waals surface area contributed by atoms with Crippen molar-refractivity contribution in [1.82, 2.24) is 0 Å². The van der Waals surface area contributed by atoms with E-state index in [1.165, 1.54) is 154 Å². The summed E-state index contributed by atoms with van der Waals surface area (Å²) in [6, 6.07) is 0. The van der Waals surface area contributed by atoms with Crippen LogP contribution < -0.4 is 0 Å². The first-order valence-electron chi connectivity index (χ1n) is 18.0. The smallest absolute Gasteiger partial charge is 0.0819 e. The second-order valence-electron chi connectivity index (χ2n) is 12.9. The zero-order valence-corrected chi connectivity index (χ0v) is 27.0. The maximum Gasteiger partial charge on any atom is 0.0819 e. The topological polar surface area (TPSA) is 58.9 Å². The van der Waals surface area contributed by atoms with Crippen LogP contribution in [0.15, 0.2) is 12.2 Å². The number of allylic oxidation sites excluding steroid dienone is 2. The van der Waals surface area contributed by atoms with E-state index in [4.69, 9.17) is 10.5 Å². The SMILES string of the molecule is CCCCCCC1C=CC(CCCCCCCCOO)C(CCCCCCCCCCOO)C1CCCCCC. The largest absolute Gasteiger partial charge is 0.252 e. The minimum absolute atomic E-state index is 0.480. The summed E-state index contributed by atoms with van der Waals surface area (Å²) >= 11 is 0. The Hall–Kier alpha value is -0.420. The number of hydrogen-bond donors (Lipinski definition) is 2. The van der Waals surface area contributed by atoms with Crippen LogP contribution >= 0.6 is 0 Å². The Labute approximate surface area is 249 Å². The van der Waals surface area contributed by atoms with Gasteiger partial charge >= 0.3 is 0 Å². The van der Waals surface area contributed by atoms with E-state index in [0.717, 1.165) is 36.5 Å². The van der Waals surface area contributed by atoms with E-state index in [9.17, 15) is 0 Å². The fraction of sp³-hybridized carbons (Fsp3) is 0.944. The van der Waals surface area contributed by atoms with Crippen LogP contribution in [-0.4, -0.2) is 23.7 Å². The van der Waals surface area contributed by atoms with E-state index in [0.29, 0.717) is 13.2 Å². The second-order valence-corrected chi connectivity index (χ2v) is 12.9. The van der Waals surface area contributed by atoms with Gasteiger partial charge in [-0.05, 0) is 62.2 Å². The average Bonchev–Trinajstić information content (AvgIpc) is 2.97. The van der Waals surface area contributed by atoms with Crippen molar-refractivity contribution >= 4 is 0 Å². The lowest BCUT2D eigenvalue weighted by atomic mass is 9.64. The molecule has 0 aromatic carbocycles. The van der Waals surface area contributed by atoms with Gasteiger partial charge in [0, 0.05) is 0 Å². The van der Waals surface area contributed by atoms with Crippen LogP contribution in [0.2, 0.25) is 0 Å². The number of rotatable bonds is 30. The molecule has 0 radical (unpaired) electrons. The average molecular weight is 567 g/mol. The lowest BCUT2D eigenvalue weighted by Crippen LogP contribution is -2.32. The Morgan fingerprint density at radius 3 is 1.05 bits per heavy atom. The highest BCUT2D eigenvalue weighted by molar-refractivity contribution is 5.05. The van der Waals surface area contributed by atoms with Crippen LogP contribution in [0.1, 0.15) is 181 Å². The van der Waals surface area contributed by atoms with Crippen molar-refractivity contribution < 1.29 is 20.3 Å². The lowest BCUT2D eigenvalue weighted by molar-refractivity contribution is -0.242. The zero-order valence-electron chi connectivity index (χ0n) is 27.0. The third-order valence-electron chi connectivity index (χ3n) is 9.58. The Bertz CT molecular complexity index is 537. The summed E-state index contributed by atoms with van der Waals surface area (Å²) in [4.78, 5) is 8.41. The molecule has 40 heavy (non-hydrogen) atoms. The molecule has 0 aromatic rings. The molecule has 238 valence electrons. The molecule has 0 aliphatic heterocycles. The van der Waals surface area contributed by atoms with Crippen LogP contribution in [-0.2, 0) is 9.78 Å². The summed E-state index contributed by atoms with van der Waals surface area (Å²) in [7, 11) is 0. The van der Waals surface area contributed by atoms with Gasteiger partial charge in [-0.25, -0.2) is 9.78 Å². The predicted molar refractivity (Wildman–Crippen MR) is 172 cm³/mol. The number of unbranched alkanes of at least 4 members (excludes halogenated alkanes) is 18. The Kier molecular flexibility index (Phi) is 27.0. The molecule has 4 nitrogen and oxygen atoms in total. The third-order valence-corrected chi connectivity index (χ3v) is 9.58. The molecule has 4 heteroatoms. The normalized spacial score (nSPS) is 20.9. The minimum atomic E-state index is 0.480. The summed E-state index contributed by atoms with van der Waals surface area (Å²) < 4.78 is 0. The van der Waals surface area contributed by atoms with Crippen LogP contribution in [0.5, 0.6) is 0 Å². The lowest BCUT2D eigenvalue weighted by Gasteiger charge is -2.41. The van der Waals surface area contributed by atoms with Crippen molar-refractivity contribution in [2.75, 3.05) is 13.2 Å². The summed E-state index contributed by atoms with van der Waals surface area (Å²) in [6.07, 6.45) is 39.9. The summed E-state index contributed by atoms with van der Waals surface area (Å²) in [5.41, 5.74) is 0. The van der Waals surface area contributed by atoms with Crippen LogP contribution in [0.4, 0.5) is 0 Å². The van der Waals surface area contributed by atoms with Crippen molar-refractivity contribution in [2.24, 2.45) is 23.7 Å². The highest BCUT2D eigenvalue weighted by atomic mass is 17.1. The van der Waals surface area contributed by atoms with Crippen molar-refractivity contribution in [3.8, 4) is 0 Å². The van der Waals surface area contributed by atoms with Gasteiger partial charge in [0.1, 0.15) is 0 Å². The first-order valence-corrected chi connectivity index (χ1v) is 18.0. The highest BCUT2D eigenvalue weighted by Crippen LogP contribution is 2.44. The number of hydrogen-bond acceptors (Lipinski definition) is 4. The summed E-state index contributed by atoms with van der Waals surface area (Å²) in [6.45, 7) is 5.63. The molecule has 0 aromatic heterocycles. The third kappa shape index (κ3) is 19.7. The first-order chi connectivity index (χ1) is 19.8. The molecule has 0 saturated carbocycles. The molecule has 1 rings (SSSR count). The Morgan fingerprint density at radius 2 is 0.700 bits per heavy atom. The molecular weight excluding hydrogens is 496 g/mol. The van der Waals surface area contributed by atoms with E-state index in [-0.39, 0.29) is 0 Å². The molecule has 1 aliphatic carbocycles. The predicted octanol–water partition coefficient (Wildman–Crippen LogP) is 12.2. The van der Waals surface area contributed by atoms with Crippen molar-refractivity contribution in [3.05, 3.63) is 12.2 Å². The highest BCUT2D eigenvalue weighted by Gasteiger charge is 2.34. The van der Waals surface area contributed by atoms with Gasteiger partial charge < -0.3 is 0 Å². The van der Waals surface area contributed by atoms with Gasteiger partial charge in [0.05, 0.1) is 13.2 Å². The first kappa shape index (κ1) is 37.6. The zero-order chi connectivity index (χ0) is 28.9. The van der Waals surface area contributed by atoms with E-state index in [1.807, 2.05) is 0 Å². The quantitative estimate of drug-likeness (QED) is 0.0393. The van der Waals surface area contributed by atoms with Crippen LogP contribution in [0.3, 0.4) is 0 Å². The summed E-state index contributed by atoms with van der Waals surface area (Å²) in [5, 5.41) is 17.0. The molecule has 0 saturated heterocycles. The standard InChI is InChI=1S/C36H70O4/c1-3-5-7-19-25-33-29-30-34(26-20-15-12-14-18-24-32-40-38)36(35(33)27-21-8-6-4-2)28-22-16-11-9-10-13-17-23-31-39-37/h29-30,33-38H,3-28,31-32H2,1-2H3. The van der Waals surface area contributed by atoms with Gasteiger partial charge in [-0.1, -0.05) is 154 Å². The van der Waals surface area contributed by atoms with E-state index >= 15 is 0 Å². The second kappa shape index (κ2) is 28.7. The van der Waals surface area contributed by atoms with Crippen LogP contribution in [0.25, 0.3) is 0 Å². The summed E-state index contributed by atoms with van der Waals surface area (Å²) in [5.74, 6) is 3.40. The molecule has 0 fully saturated rings. The Morgan fingerprint density at radius 1 is 0.400 bits per heavy atom. The monoisotopic (exact) mass is 567 g/mol. The van der Waals surface area contributed by atoms with E-state index in [2.05, 4.69) is 35.8 Å². The van der Waals surface area contributed by atoms with E-state index < -0.39 is 0 Å². The van der Waals surface area contributed by atoms with Gasteiger partial charge in [0.2, 0.25) is 0 Å². The van der Waals surface area contributed by atoms with Crippen molar-refractivity contribution in [1.29, 1.82) is 0 Å². The van der Waals surface area contributed by atoms with Gasteiger partial charge in [0.25, 0.3) is 0 Å². The van der Waals surface area contributed by atoms with Gasteiger partial charge in [-0.3, -0.25) is 10.5 Å². The van der Waals surface area contributed by atoms with Gasteiger partial charge in [0.15, 0.2) is 0 Å². The maximum absolute atomic E-state index is 8.50.